The Labute approximate surface area is 89.9 Å². The number of carbonyl (C=O) groups excluding carboxylic acids is 1. The molecule has 0 radical (unpaired) electrons. The minimum absolute atomic E-state index is 0.144. The Kier molecular flexibility index (Phi) is 2.98. The number of hydrogen-bond acceptors (Lipinski definition) is 3. The van der Waals surface area contributed by atoms with Crippen molar-refractivity contribution in [3.8, 4) is 0 Å². The smallest absolute Gasteiger partial charge is 0.251 e. The molecule has 0 aliphatic carbocycles. The van der Waals surface area contributed by atoms with Gasteiger partial charge in [-0.2, -0.15) is 0 Å². The highest BCUT2D eigenvalue weighted by Crippen LogP contribution is 2.22. The van der Waals surface area contributed by atoms with E-state index in [1.807, 2.05) is 0 Å². The minimum Gasteiger partial charge on any atom is -0.366 e. The van der Waals surface area contributed by atoms with Crippen molar-refractivity contribution in [3.05, 3.63) is 28.5 Å². The van der Waals surface area contributed by atoms with Gasteiger partial charge in [-0.05, 0) is 12.1 Å². The molecule has 0 bridgehead atoms. The molecular weight excluding hydrogens is 247 g/mol. The number of nitrogens with two attached hydrogens (primary N) is 2. The van der Waals surface area contributed by atoms with Gasteiger partial charge >= 0.3 is 0 Å². The van der Waals surface area contributed by atoms with Gasteiger partial charge in [0, 0.05) is 5.02 Å². The summed E-state index contributed by atoms with van der Waals surface area (Å²) in [5, 5.41) is 4.57. The average Bonchev–Trinajstić information content (AvgIpc) is 2.06. The van der Waals surface area contributed by atoms with Crippen LogP contribution in [0.2, 0.25) is 5.02 Å². The van der Waals surface area contributed by atoms with Gasteiger partial charge in [0.1, 0.15) is 4.90 Å². The number of amides is 1. The zero-order valence-corrected chi connectivity index (χ0v) is 8.77. The molecule has 0 unspecified atom stereocenters. The van der Waals surface area contributed by atoms with E-state index in [4.69, 9.17) is 22.5 Å². The maximum atomic E-state index is 13.4. The van der Waals surface area contributed by atoms with Gasteiger partial charge in [0.25, 0.3) is 5.91 Å². The highest BCUT2D eigenvalue weighted by molar-refractivity contribution is 7.89. The van der Waals surface area contributed by atoms with Gasteiger partial charge in [0.05, 0.1) is 5.56 Å². The molecule has 0 spiro atoms. The summed E-state index contributed by atoms with van der Waals surface area (Å²) in [6.07, 6.45) is 0. The van der Waals surface area contributed by atoms with Crippen LogP contribution in [0.4, 0.5) is 4.39 Å². The maximum Gasteiger partial charge on any atom is 0.251 e. The van der Waals surface area contributed by atoms with Crippen LogP contribution < -0.4 is 10.9 Å². The number of carbonyl (C=O) groups is 1. The Morgan fingerprint density at radius 1 is 1.40 bits per heavy atom. The van der Waals surface area contributed by atoms with Crippen molar-refractivity contribution in [1.82, 2.24) is 0 Å². The van der Waals surface area contributed by atoms with Gasteiger partial charge in [0.2, 0.25) is 10.0 Å². The molecule has 1 rings (SSSR count). The van der Waals surface area contributed by atoms with Crippen molar-refractivity contribution in [1.29, 1.82) is 0 Å². The van der Waals surface area contributed by atoms with Crippen LogP contribution in [0.15, 0.2) is 17.0 Å². The van der Waals surface area contributed by atoms with E-state index in [1.165, 1.54) is 0 Å². The lowest BCUT2D eigenvalue weighted by atomic mass is 10.2. The van der Waals surface area contributed by atoms with Gasteiger partial charge in [-0.1, -0.05) is 11.6 Å². The number of primary amides is 1. The molecule has 0 aromatic heterocycles. The highest BCUT2D eigenvalue weighted by atomic mass is 35.5. The molecule has 0 saturated carbocycles. The van der Waals surface area contributed by atoms with Gasteiger partial charge in [-0.15, -0.1) is 0 Å². The normalized spacial score (nSPS) is 11.4. The lowest BCUT2D eigenvalue weighted by Gasteiger charge is -2.04. The Balaban J connectivity index is 3.63. The standard InChI is InChI=1S/C7H6ClFN2O3S/c8-3-1-4(7(10)12)6(9)5(2-3)15(11,13)14/h1-2H,(H2,10,12)(H2,11,13,14). The molecule has 0 heterocycles. The van der Waals surface area contributed by atoms with Gasteiger partial charge < -0.3 is 5.73 Å². The average molecular weight is 253 g/mol. The first-order chi connectivity index (χ1) is 6.73. The maximum absolute atomic E-state index is 13.4. The van der Waals surface area contributed by atoms with Crippen LogP contribution in [0.25, 0.3) is 0 Å². The van der Waals surface area contributed by atoms with Gasteiger partial charge in [-0.3, -0.25) is 4.79 Å². The number of halogens is 2. The largest absolute Gasteiger partial charge is 0.366 e. The van der Waals surface area contributed by atoms with Crippen LogP contribution >= 0.6 is 11.6 Å². The minimum atomic E-state index is -4.28. The molecule has 1 aromatic rings. The molecule has 82 valence electrons. The highest BCUT2D eigenvalue weighted by Gasteiger charge is 2.21. The van der Waals surface area contributed by atoms with Crippen molar-refractivity contribution in [2.45, 2.75) is 4.90 Å². The van der Waals surface area contributed by atoms with Crippen molar-refractivity contribution >= 4 is 27.5 Å². The van der Waals surface area contributed by atoms with E-state index < -0.39 is 32.2 Å². The second kappa shape index (κ2) is 3.76. The van der Waals surface area contributed by atoms with E-state index in [2.05, 4.69) is 0 Å². The summed E-state index contributed by atoms with van der Waals surface area (Å²) < 4.78 is 35.2. The summed E-state index contributed by atoms with van der Waals surface area (Å²) in [5.41, 5.74) is 4.20. The molecule has 0 atom stereocenters. The van der Waals surface area contributed by atoms with Gasteiger partial charge in [-0.25, -0.2) is 17.9 Å². The Hall–Kier alpha value is -1.18. The van der Waals surface area contributed by atoms with E-state index >= 15 is 0 Å². The molecule has 1 aromatic carbocycles. The van der Waals surface area contributed by atoms with E-state index in [-0.39, 0.29) is 5.02 Å². The first-order valence-electron chi connectivity index (χ1n) is 3.55. The summed E-state index contributed by atoms with van der Waals surface area (Å²) in [6.45, 7) is 0. The summed E-state index contributed by atoms with van der Waals surface area (Å²) in [5.74, 6) is -2.42. The fraction of sp³-hybridized carbons (Fsp3) is 0. The van der Waals surface area contributed by atoms with Crippen molar-refractivity contribution in [2.24, 2.45) is 10.9 Å². The zero-order chi connectivity index (χ0) is 11.8. The molecule has 0 saturated heterocycles. The van der Waals surface area contributed by atoms with Crippen LogP contribution in [0.5, 0.6) is 0 Å². The second-order valence-corrected chi connectivity index (χ2v) is 4.64. The fourth-order valence-corrected chi connectivity index (χ4v) is 1.88. The molecule has 0 fully saturated rings. The SMILES string of the molecule is NC(=O)c1cc(Cl)cc(S(N)(=O)=O)c1F. The van der Waals surface area contributed by atoms with Crippen LogP contribution in [0, 0.1) is 5.82 Å². The molecule has 0 aliphatic heterocycles. The summed E-state index contributed by atoms with van der Waals surface area (Å²) in [4.78, 5) is 9.88. The molecule has 1 amide bonds. The van der Waals surface area contributed by atoms with Crippen LogP contribution in [-0.4, -0.2) is 14.3 Å². The van der Waals surface area contributed by atoms with E-state index in [0.717, 1.165) is 12.1 Å². The Bertz CT molecular complexity index is 529. The summed E-state index contributed by atoms with van der Waals surface area (Å²) >= 11 is 5.48. The van der Waals surface area contributed by atoms with E-state index in [9.17, 15) is 17.6 Å². The quantitative estimate of drug-likeness (QED) is 0.787. The topological polar surface area (TPSA) is 103 Å². The second-order valence-electron chi connectivity index (χ2n) is 2.67. The lowest BCUT2D eigenvalue weighted by molar-refractivity contribution is 0.0996. The lowest BCUT2D eigenvalue weighted by Crippen LogP contribution is -2.19. The molecule has 5 nitrogen and oxygen atoms in total. The van der Waals surface area contributed by atoms with Crippen molar-refractivity contribution in [2.75, 3.05) is 0 Å². The first-order valence-corrected chi connectivity index (χ1v) is 5.47. The molecule has 4 N–H and O–H groups in total. The third-order valence-corrected chi connectivity index (χ3v) is 2.70. The molecule has 15 heavy (non-hydrogen) atoms. The predicted octanol–water partition coefficient (Wildman–Crippen LogP) is 0.225. The number of rotatable bonds is 2. The van der Waals surface area contributed by atoms with Crippen LogP contribution in [0.1, 0.15) is 10.4 Å². The Morgan fingerprint density at radius 2 is 1.93 bits per heavy atom. The number of benzene rings is 1. The molecule has 8 heteroatoms. The monoisotopic (exact) mass is 252 g/mol. The zero-order valence-electron chi connectivity index (χ0n) is 7.20. The van der Waals surface area contributed by atoms with Crippen LogP contribution in [-0.2, 0) is 10.0 Å². The molecule has 0 aliphatic rings. The first kappa shape index (κ1) is 11.9. The number of primary sulfonamides is 1. The van der Waals surface area contributed by atoms with Crippen molar-refractivity contribution < 1.29 is 17.6 Å². The number of hydrogen-bond donors (Lipinski definition) is 2. The summed E-state index contributed by atoms with van der Waals surface area (Å²) in [7, 11) is -4.28. The number of sulfonamides is 1. The predicted molar refractivity (Wildman–Crippen MR) is 51.3 cm³/mol. The van der Waals surface area contributed by atoms with E-state index in [0.29, 0.717) is 0 Å². The van der Waals surface area contributed by atoms with Crippen LogP contribution in [0.3, 0.4) is 0 Å². The third kappa shape index (κ3) is 2.44. The van der Waals surface area contributed by atoms with Crippen molar-refractivity contribution in [3.63, 3.8) is 0 Å². The van der Waals surface area contributed by atoms with E-state index in [1.54, 1.807) is 0 Å². The summed E-state index contributed by atoms with van der Waals surface area (Å²) in [6, 6.07) is 1.73. The fourth-order valence-electron chi connectivity index (χ4n) is 0.951. The Morgan fingerprint density at radius 3 is 2.33 bits per heavy atom. The third-order valence-electron chi connectivity index (χ3n) is 1.58. The van der Waals surface area contributed by atoms with Gasteiger partial charge in [0.15, 0.2) is 5.82 Å². The molecular formula is C7H6ClFN2O3S.